The molecule has 0 saturated heterocycles. The van der Waals surface area contributed by atoms with Crippen molar-refractivity contribution in [3.63, 3.8) is 0 Å². The summed E-state index contributed by atoms with van der Waals surface area (Å²) in [6.07, 6.45) is 1.01. The first-order chi connectivity index (χ1) is 10.2. The molecule has 1 aromatic heterocycles. The van der Waals surface area contributed by atoms with Crippen molar-refractivity contribution >= 4 is 10.9 Å². The molecule has 3 aromatic rings. The molecular weight excluding hydrogens is 258 g/mol. The summed E-state index contributed by atoms with van der Waals surface area (Å²) in [7, 11) is 1.74. The lowest BCUT2D eigenvalue weighted by molar-refractivity contribution is 0.414. The molecule has 0 spiro atoms. The van der Waals surface area contributed by atoms with Gasteiger partial charge in [-0.25, -0.2) is 0 Å². The molecule has 1 aliphatic carbocycles. The van der Waals surface area contributed by atoms with E-state index < -0.39 is 0 Å². The fourth-order valence-electron chi connectivity index (χ4n) is 3.45. The molecule has 0 unspecified atom stereocenters. The largest absolute Gasteiger partial charge is 0.497 e. The van der Waals surface area contributed by atoms with Crippen LogP contribution in [-0.2, 0) is 6.42 Å². The topological polar surface area (TPSA) is 25.0 Å². The minimum atomic E-state index is 0.469. The molecule has 0 atom stereocenters. The van der Waals surface area contributed by atoms with Gasteiger partial charge in [0.05, 0.1) is 12.8 Å². The van der Waals surface area contributed by atoms with E-state index in [1.165, 1.54) is 38.9 Å². The van der Waals surface area contributed by atoms with Gasteiger partial charge < -0.3 is 9.72 Å². The van der Waals surface area contributed by atoms with Gasteiger partial charge in [-0.15, -0.1) is 0 Å². The lowest BCUT2D eigenvalue weighted by Gasteiger charge is -2.11. The third-order valence-corrected chi connectivity index (χ3v) is 4.53. The van der Waals surface area contributed by atoms with Crippen LogP contribution in [0.2, 0.25) is 0 Å². The summed E-state index contributed by atoms with van der Waals surface area (Å²) in [5.74, 6) is 1.42. The Morgan fingerprint density at radius 2 is 1.95 bits per heavy atom. The van der Waals surface area contributed by atoms with Crippen LogP contribution in [0.5, 0.6) is 5.75 Å². The van der Waals surface area contributed by atoms with Gasteiger partial charge in [0.1, 0.15) is 5.75 Å². The molecule has 4 rings (SSSR count). The Bertz CT molecular complexity index is 842. The van der Waals surface area contributed by atoms with E-state index in [1.54, 1.807) is 7.11 Å². The van der Waals surface area contributed by atoms with Crippen LogP contribution in [0.15, 0.2) is 36.4 Å². The first-order valence-corrected chi connectivity index (χ1v) is 7.49. The number of aromatic nitrogens is 1. The van der Waals surface area contributed by atoms with Crippen LogP contribution in [0.1, 0.15) is 36.5 Å². The normalized spacial score (nSPS) is 12.8. The van der Waals surface area contributed by atoms with Crippen LogP contribution in [-0.4, -0.2) is 12.1 Å². The highest BCUT2D eigenvalue weighted by Crippen LogP contribution is 2.43. The monoisotopic (exact) mass is 277 g/mol. The van der Waals surface area contributed by atoms with E-state index in [4.69, 9.17) is 4.74 Å². The molecule has 0 aliphatic heterocycles. The Hall–Kier alpha value is -2.22. The fourth-order valence-corrected chi connectivity index (χ4v) is 3.45. The van der Waals surface area contributed by atoms with Crippen molar-refractivity contribution in [3.8, 4) is 17.0 Å². The molecule has 2 aromatic carbocycles. The molecule has 0 radical (unpaired) electrons. The minimum Gasteiger partial charge on any atom is -0.497 e. The van der Waals surface area contributed by atoms with Crippen molar-refractivity contribution in [2.75, 3.05) is 7.11 Å². The summed E-state index contributed by atoms with van der Waals surface area (Å²) in [5, 5.41) is 1.31. The molecule has 21 heavy (non-hydrogen) atoms. The second-order valence-electron chi connectivity index (χ2n) is 6.11. The SMILES string of the molecule is COc1cc(C(C)C)c2[nH]c3c(c2c1)Cc1ccccc1-3. The zero-order chi connectivity index (χ0) is 14.6. The first-order valence-electron chi connectivity index (χ1n) is 7.49. The molecule has 1 N–H and O–H groups in total. The number of hydrogen-bond donors (Lipinski definition) is 1. The van der Waals surface area contributed by atoms with Gasteiger partial charge in [-0.3, -0.25) is 0 Å². The molecule has 0 saturated carbocycles. The maximum absolute atomic E-state index is 5.51. The van der Waals surface area contributed by atoms with Crippen LogP contribution in [0.3, 0.4) is 0 Å². The number of fused-ring (bicyclic) bond motifs is 5. The van der Waals surface area contributed by atoms with Crippen LogP contribution in [0, 0.1) is 0 Å². The van der Waals surface area contributed by atoms with Gasteiger partial charge in [-0.2, -0.15) is 0 Å². The Balaban J connectivity index is 2.05. The molecule has 1 heterocycles. The average molecular weight is 277 g/mol. The predicted molar refractivity (Wildman–Crippen MR) is 87.2 cm³/mol. The van der Waals surface area contributed by atoms with Crippen molar-refractivity contribution < 1.29 is 4.74 Å². The maximum atomic E-state index is 5.51. The van der Waals surface area contributed by atoms with Gasteiger partial charge in [-0.05, 0) is 34.7 Å². The van der Waals surface area contributed by atoms with E-state index in [2.05, 4.69) is 55.2 Å². The Labute approximate surface area is 124 Å². The fraction of sp³-hybridized carbons (Fsp3) is 0.263. The molecule has 0 amide bonds. The van der Waals surface area contributed by atoms with Crippen LogP contribution < -0.4 is 4.74 Å². The van der Waals surface area contributed by atoms with E-state index in [9.17, 15) is 0 Å². The molecule has 2 nitrogen and oxygen atoms in total. The number of ether oxygens (including phenoxy) is 1. The Morgan fingerprint density at radius 1 is 1.14 bits per heavy atom. The van der Waals surface area contributed by atoms with E-state index in [0.717, 1.165) is 12.2 Å². The number of nitrogens with one attached hydrogen (secondary N) is 1. The quantitative estimate of drug-likeness (QED) is 0.555. The number of rotatable bonds is 2. The number of methoxy groups -OCH3 is 1. The summed E-state index contributed by atoms with van der Waals surface area (Å²) >= 11 is 0. The lowest BCUT2D eigenvalue weighted by atomic mass is 9.98. The summed E-state index contributed by atoms with van der Waals surface area (Å²) in [6, 6.07) is 13.0. The predicted octanol–water partition coefficient (Wildman–Crippen LogP) is 4.87. The second-order valence-corrected chi connectivity index (χ2v) is 6.11. The molecule has 2 heteroatoms. The number of H-pyrrole nitrogens is 1. The molecule has 0 fully saturated rings. The molecular formula is C19H19NO. The standard InChI is InChI=1S/C19H19NO/c1-11(2)15-9-13(21-3)10-17-16-8-12-6-4-5-7-14(12)18(16)20-19(15)17/h4-7,9-11,20H,8H2,1-3H3. The van der Waals surface area contributed by atoms with Gasteiger partial charge in [0, 0.05) is 22.9 Å². The van der Waals surface area contributed by atoms with Gasteiger partial charge in [0.15, 0.2) is 0 Å². The zero-order valence-electron chi connectivity index (χ0n) is 12.7. The van der Waals surface area contributed by atoms with Crippen molar-refractivity contribution in [1.82, 2.24) is 4.98 Å². The highest BCUT2D eigenvalue weighted by molar-refractivity contribution is 5.97. The minimum absolute atomic E-state index is 0.469. The number of hydrogen-bond acceptors (Lipinski definition) is 1. The van der Waals surface area contributed by atoms with Gasteiger partial charge in [0.2, 0.25) is 0 Å². The highest BCUT2D eigenvalue weighted by Gasteiger charge is 2.24. The molecule has 106 valence electrons. The Kier molecular flexibility index (Phi) is 2.61. The van der Waals surface area contributed by atoms with Gasteiger partial charge in [-0.1, -0.05) is 38.1 Å². The summed E-state index contributed by atoms with van der Waals surface area (Å²) in [4.78, 5) is 3.68. The van der Waals surface area contributed by atoms with E-state index in [-0.39, 0.29) is 0 Å². The maximum Gasteiger partial charge on any atom is 0.119 e. The van der Waals surface area contributed by atoms with E-state index >= 15 is 0 Å². The van der Waals surface area contributed by atoms with Crippen LogP contribution in [0.25, 0.3) is 22.2 Å². The molecule has 0 bridgehead atoms. The highest BCUT2D eigenvalue weighted by atomic mass is 16.5. The van der Waals surface area contributed by atoms with E-state index in [0.29, 0.717) is 5.92 Å². The van der Waals surface area contributed by atoms with Crippen LogP contribution >= 0.6 is 0 Å². The Morgan fingerprint density at radius 3 is 2.71 bits per heavy atom. The third-order valence-electron chi connectivity index (χ3n) is 4.53. The molecule has 1 aliphatic rings. The first kappa shape index (κ1) is 12.5. The number of benzene rings is 2. The van der Waals surface area contributed by atoms with Crippen molar-refractivity contribution in [1.29, 1.82) is 0 Å². The summed E-state index contributed by atoms with van der Waals surface area (Å²) in [5.41, 5.74) is 8.05. The average Bonchev–Trinajstić information content (AvgIpc) is 3.02. The smallest absolute Gasteiger partial charge is 0.119 e. The third kappa shape index (κ3) is 1.72. The second kappa shape index (κ2) is 4.39. The summed E-state index contributed by atoms with van der Waals surface area (Å²) in [6.45, 7) is 4.46. The van der Waals surface area contributed by atoms with Crippen molar-refractivity contribution in [2.24, 2.45) is 0 Å². The van der Waals surface area contributed by atoms with Gasteiger partial charge >= 0.3 is 0 Å². The van der Waals surface area contributed by atoms with E-state index in [1.807, 2.05) is 0 Å². The van der Waals surface area contributed by atoms with Crippen molar-refractivity contribution in [2.45, 2.75) is 26.2 Å². The zero-order valence-corrected chi connectivity index (χ0v) is 12.7. The summed E-state index contributed by atoms with van der Waals surface area (Å²) < 4.78 is 5.51. The number of aromatic amines is 1. The lowest BCUT2D eigenvalue weighted by Crippen LogP contribution is -1.93. The van der Waals surface area contributed by atoms with Crippen molar-refractivity contribution in [3.05, 3.63) is 53.1 Å². The van der Waals surface area contributed by atoms with Crippen LogP contribution in [0.4, 0.5) is 0 Å². The van der Waals surface area contributed by atoms with Gasteiger partial charge in [0.25, 0.3) is 0 Å².